The van der Waals surface area contributed by atoms with Crippen molar-refractivity contribution in [2.45, 2.75) is 71.6 Å². The van der Waals surface area contributed by atoms with Crippen molar-refractivity contribution in [3.8, 4) is 6.07 Å². The second-order valence-electron chi connectivity index (χ2n) is 11.2. The molecule has 1 aliphatic rings. The molecule has 210 valence electrons. The standard InChI is InChI=1S/C28H32N6O5S/c1-17-14-28(8,21-13-19(11-12-30-21)32-22(35)20-10-9-18(15-29)16-31-20)33-23(40-17)34(24(36)38-26(2,3)4)25(37)39-27(5,6)7/h9-13,16H,1,14H2,2-8H3,(H,30,32,35)/t28-/m0/s1. The van der Waals surface area contributed by atoms with E-state index in [2.05, 4.69) is 21.9 Å². The van der Waals surface area contributed by atoms with Crippen LogP contribution in [0.4, 0.5) is 15.3 Å². The van der Waals surface area contributed by atoms with Crippen LogP contribution in [0, 0.1) is 11.3 Å². The van der Waals surface area contributed by atoms with Gasteiger partial charge in [0.2, 0.25) is 0 Å². The molecule has 0 unspecified atom stereocenters. The lowest BCUT2D eigenvalue weighted by molar-refractivity contribution is 0.0151. The maximum absolute atomic E-state index is 13.2. The van der Waals surface area contributed by atoms with Crippen LogP contribution in [-0.4, -0.2) is 49.3 Å². The number of amides is 3. The van der Waals surface area contributed by atoms with Crippen molar-refractivity contribution in [3.05, 3.63) is 65.1 Å². The molecule has 0 saturated carbocycles. The average molecular weight is 565 g/mol. The topological polar surface area (TPSA) is 147 Å². The summed E-state index contributed by atoms with van der Waals surface area (Å²) in [7, 11) is 0. The molecule has 3 heterocycles. The van der Waals surface area contributed by atoms with Gasteiger partial charge in [-0.25, -0.2) is 19.6 Å². The van der Waals surface area contributed by atoms with Crippen molar-refractivity contribution in [1.29, 1.82) is 5.26 Å². The Morgan fingerprint density at radius 1 is 1.07 bits per heavy atom. The number of carbonyl (C=O) groups excluding carboxylic acids is 3. The van der Waals surface area contributed by atoms with Crippen molar-refractivity contribution < 1.29 is 23.9 Å². The summed E-state index contributed by atoms with van der Waals surface area (Å²) in [5, 5.41) is 11.7. The van der Waals surface area contributed by atoms with Crippen LogP contribution >= 0.6 is 11.8 Å². The number of pyridine rings is 2. The van der Waals surface area contributed by atoms with Gasteiger partial charge in [-0.3, -0.25) is 9.78 Å². The Hall–Kier alpha value is -4.24. The Kier molecular flexibility index (Phi) is 8.69. The van der Waals surface area contributed by atoms with Crippen molar-refractivity contribution in [1.82, 2.24) is 14.9 Å². The SMILES string of the molecule is C=C1C[C@@](C)(c2cc(NC(=O)c3ccc(C#N)cn3)ccn2)N=C(N(C(=O)OC(C)(C)C)C(=O)OC(C)(C)C)S1. The third-order valence-electron chi connectivity index (χ3n) is 5.16. The fourth-order valence-corrected chi connectivity index (χ4v) is 4.60. The van der Waals surface area contributed by atoms with E-state index in [0.717, 1.165) is 16.7 Å². The summed E-state index contributed by atoms with van der Waals surface area (Å²) in [6.45, 7) is 16.0. The number of aliphatic imine (C=N–C) groups is 1. The molecule has 0 radical (unpaired) electrons. The number of rotatable bonds is 3. The number of ether oxygens (including phenoxy) is 2. The van der Waals surface area contributed by atoms with Gasteiger partial charge in [-0.05, 0) is 77.6 Å². The summed E-state index contributed by atoms with van der Waals surface area (Å²) in [5.41, 5.74) is -1.44. The number of hydrogen-bond donors (Lipinski definition) is 1. The number of nitrogens with one attached hydrogen (secondary N) is 1. The van der Waals surface area contributed by atoms with E-state index in [1.54, 1.807) is 60.6 Å². The maximum Gasteiger partial charge on any atom is 0.426 e. The third kappa shape index (κ3) is 7.89. The van der Waals surface area contributed by atoms with Crippen LogP contribution in [0.15, 0.2) is 53.1 Å². The number of imide groups is 1. The minimum Gasteiger partial charge on any atom is -0.443 e. The zero-order valence-electron chi connectivity index (χ0n) is 23.6. The summed E-state index contributed by atoms with van der Waals surface area (Å²) >= 11 is 1.07. The summed E-state index contributed by atoms with van der Waals surface area (Å²) < 4.78 is 11.0. The van der Waals surface area contributed by atoms with Gasteiger partial charge in [-0.2, -0.15) is 10.2 Å². The molecule has 0 saturated heterocycles. The first kappa shape index (κ1) is 30.3. The molecule has 12 heteroatoms. The second-order valence-corrected chi connectivity index (χ2v) is 12.4. The van der Waals surface area contributed by atoms with Gasteiger partial charge >= 0.3 is 12.2 Å². The summed E-state index contributed by atoms with van der Waals surface area (Å²) in [4.78, 5) is 53.7. The Morgan fingerprint density at radius 3 is 2.23 bits per heavy atom. The van der Waals surface area contributed by atoms with Crippen molar-refractivity contribution >= 4 is 40.7 Å². The van der Waals surface area contributed by atoms with Crippen LogP contribution in [0.25, 0.3) is 0 Å². The van der Waals surface area contributed by atoms with E-state index in [1.807, 2.05) is 6.07 Å². The van der Waals surface area contributed by atoms with Crippen LogP contribution in [0.5, 0.6) is 0 Å². The van der Waals surface area contributed by atoms with Gasteiger partial charge in [0.05, 0.1) is 11.3 Å². The van der Waals surface area contributed by atoms with Crippen LogP contribution in [0.1, 0.15) is 76.6 Å². The first-order chi connectivity index (χ1) is 18.5. The number of nitriles is 1. The number of carbonyl (C=O) groups is 3. The molecule has 0 fully saturated rings. The van der Waals surface area contributed by atoms with Gasteiger partial charge in [-0.1, -0.05) is 18.3 Å². The van der Waals surface area contributed by atoms with Gasteiger partial charge in [-0.15, -0.1) is 0 Å². The number of hydrogen-bond acceptors (Lipinski definition) is 10. The molecular weight excluding hydrogens is 532 g/mol. The average Bonchev–Trinajstić information content (AvgIpc) is 2.81. The van der Waals surface area contributed by atoms with Gasteiger partial charge in [0.1, 0.15) is 28.5 Å². The Morgan fingerprint density at radius 2 is 1.70 bits per heavy atom. The number of aromatic nitrogens is 2. The van der Waals surface area contributed by atoms with E-state index >= 15 is 0 Å². The third-order valence-corrected chi connectivity index (χ3v) is 6.05. The van der Waals surface area contributed by atoms with E-state index in [4.69, 9.17) is 19.7 Å². The predicted molar refractivity (Wildman–Crippen MR) is 152 cm³/mol. The van der Waals surface area contributed by atoms with Crippen molar-refractivity contribution in [2.75, 3.05) is 5.32 Å². The van der Waals surface area contributed by atoms with E-state index in [-0.39, 0.29) is 10.9 Å². The summed E-state index contributed by atoms with van der Waals surface area (Å²) in [5.74, 6) is -0.472. The quantitative estimate of drug-likeness (QED) is 0.474. The largest absolute Gasteiger partial charge is 0.443 e. The van der Waals surface area contributed by atoms with Crippen LogP contribution in [-0.2, 0) is 15.0 Å². The monoisotopic (exact) mass is 564 g/mol. The summed E-state index contributed by atoms with van der Waals surface area (Å²) in [6, 6.07) is 8.18. The normalized spacial score (nSPS) is 17.2. The minimum atomic E-state index is -1.05. The van der Waals surface area contributed by atoms with Crippen molar-refractivity contribution in [3.63, 3.8) is 0 Å². The first-order valence-electron chi connectivity index (χ1n) is 12.4. The molecule has 0 aliphatic carbocycles. The fraction of sp³-hybridized carbons (Fsp3) is 0.393. The van der Waals surface area contributed by atoms with Crippen LogP contribution in [0.2, 0.25) is 0 Å². The minimum absolute atomic E-state index is 0.0280. The lowest BCUT2D eigenvalue weighted by Crippen LogP contribution is -2.47. The molecule has 3 rings (SSSR count). The molecule has 0 aromatic carbocycles. The van der Waals surface area contributed by atoms with Gasteiger partial charge in [0.15, 0.2) is 5.17 Å². The highest BCUT2D eigenvalue weighted by molar-refractivity contribution is 8.17. The van der Waals surface area contributed by atoms with Gasteiger partial charge in [0, 0.05) is 24.5 Å². The van der Waals surface area contributed by atoms with Crippen molar-refractivity contribution in [2.24, 2.45) is 4.99 Å². The zero-order chi connectivity index (χ0) is 29.9. The Bertz CT molecular complexity index is 1370. The number of amidine groups is 1. The van der Waals surface area contributed by atoms with Gasteiger partial charge in [0.25, 0.3) is 5.91 Å². The molecule has 11 nitrogen and oxygen atoms in total. The fourth-order valence-electron chi connectivity index (χ4n) is 3.50. The molecule has 3 amide bonds. The van der Waals surface area contributed by atoms with Crippen LogP contribution in [0.3, 0.4) is 0 Å². The zero-order valence-corrected chi connectivity index (χ0v) is 24.4. The van der Waals surface area contributed by atoms with Crippen LogP contribution < -0.4 is 5.32 Å². The summed E-state index contributed by atoms with van der Waals surface area (Å²) in [6.07, 6.45) is 1.31. The van der Waals surface area contributed by atoms with E-state index in [9.17, 15) is 14.4 Å². The molecular formula is C28H32N6O5S. The molecule has 2 aromatic heterocycles. The molecule has 0 spiro atoms. The van der Waals surface area contributed by atoms with E-state index in [1.165, 1.54) is 24.5 Å². The lowest BCUT2D eigenvalue weighted by Gasteiger charge is -2.35. The van der Waals surface area contributed by atoms with Gasteiger partial charge < -0.3 is 14.8 Å². The van der Waals surface area contributed by atoms with E-state index < -0.39 is 34.8 Å². The smallest absolute Gasteiger partial charge is 0.426 e. The molecule has 0 bridgehead atoms. The number of anilines is 1. The predicted octanol–water partition coefficient (Wildman–Crippen LogP) is 5.99. The maximum atomic E-state index is 13.2. The second kappa shape index (κ2) is 11.5. The highest BCUT2D eigenvalue weighted by Gasteiger charge is 2.41. The highest BCUT2D eigenvalue weighted by atomic mass is 32.2. The van der Waals surface area contributed by atoms with E-state index in [0.29, 0.717) is 28.3 Å². The lowest BCUT2D eigenvalue weighted by atomic mass is 9.93. The number of thioether (sulfide) groups is 1. The molecule has 1 atom stereocenters. The Labute approximate surface area is 237 Å². The number of nitrogens with zero attached hydrogens (tertiary/aromatic N) is 5. The molecule has 1 aliphatic heterocycles. The first-order valence-corrected chi connectivity index (χ1v) is 13.2. The molecule has 2 aromatic rings. The molecule has 1 N–H and O–H groups in total. The highest BCUT2D eigenvalue weighted by Crippen LogP contribution is 2.42. The molecule has 40 heavy (non-hydrogen) atoms. The Balaban J connectivity index is 1.97.